The summed E-state index contributed by atoms with van der Waals surface area (Å²) < 4.78 is 6.88. The number of aromatic nitrogens is 1. The number of rotatable bonds is 4. The molecule has 0 spiro atoms. The number of hydrogen-bond acceptors (Lipinski definition) is 3. The van der Waals surface area contributed by atoms with Crippen LogP contribution in [0.4, 0.5) is 0 Å². The standard InChI is InChI=1S/C17H18N2O2/c1-12(2)19-16(9-6-14(10-11-18)17(19)20)13-4-7-15(21-3)8-5-13/h4-9,12H,10H2,1-3H3. The molecule has 21 heavy (non-hydrogen) atoms. The Hall–Kier alpha value is -2.54. The summed E-state index contributed by atoms with van der Waals surface area (Å²) in [6.07, 6.45) is 0.133. The molecule has 0 saturated carbocycles. The van der Waals surface area contributed by atoms with Gasteiger partial charge in [0.25, 0.3) is 5.56 Å². The van der Waals surface area contributed by atoms with E-state index in [9.17, 15) is 4.79 Å². The zero-order valence-electron chi connectivity index (χ0n) is 12.5. The van der Waals surface area contributed by atoms with E-state index >= 15 is 0 Å². The monoisotopic (exact) mass is 282 g/mol. The minimum atomic E-state index is -0.0973. The van der Waals surface area contributed by atoms with Crippen LogP contribution >= 0.6 is 0 Å². The zero-order chi connectivity index (χ0) is 15.4. The summed E-state index contributed by atoms with van der Waals surface area (Å²) in [5.41, 5.74) is 2.23. The van der Waals surface area contributed by atoms with Crippen LogP contribution in [0.15, 0.2) is 41.2 Å². The topological polar surface area (TPSA) is 55.0 Å². The van der Waals surface area contributed by atoms with Gasteiger partial charge in [0.2, 0.25) is 0 Å². The van der Waals surface area contributed by atoms with E-state index < -0.39 is 0 Å². The smallest absolute Gasteiger partial charge is 0.255 e. The summed E-state index contributed by atoms with van der Waals surface area (Å²) in [5, 5.41) is 8.81. The molecule has 0 atom stereocenters. The predicted octanol–water partition coefficient (Wildman–Crippen LogP) is 3.17. The van der Waals surface area contributed by atoms with Crippen molar-refractivity contribution in [3.8, 4) is 23.1 Å². The molecular weight excluding hydrogens is 264 g/mol. The first-order valence-electron chi connectivity index (χ1n) is 6.84. The van der Waals surface area contributed by atoms with Gasteiger partial charge in [-0.15, -0.1) is 0 Å². The number of pyridine rings is 1. The average molecular weight is 282 g/mol. The minimum absolute atomic E-state index is 0.0215. The molecule has 1 aromatic carbocycles. The van der Waals surface area contributed by atoms with Crippen LogP contribution in [0.3, 0.4) is 0 Å². The summed E-state index contributed by atoms with van der Waals surface area (Å²) >= 11 is 0. The summed E-state index contributed by atoms with van der Waals surface area (Å²) in [6.45, 7) is 3.93. The maximum atomic E-state index is 12.5. The summed E-state index contributed by atoms with van der Waals surface area (Å²) in [6, 6.07) is 13.3. The molecule has 0 fully saturated rings. The Balaban J connectivity index is 2.60. The second kappa shape index (κ2) is 6.27. The maximum absolute atomic E-state index is 12.5. The number of nitriles is 1. The van der Waals surface area contributed by atoms with Crippen molar-refractivity contribution in [2.24, 2.45) is 0 Å². The molecule has 2 rings (SSSR count). The van der Waals surface area contributed by atoms with Gasteiger partial charge in [-0.05, 0) is 49.7 Å². The highest BCUT2D eigenvalue weighted by Gasteiger charge is 2.13. The fraction of sp³-hybridized carbons (Fsp3) is 0.294. The first-order chi connectivity index (χ1) is 10.1. The van der Waals surface area contributed by atoms with Gasteiger partial charge in [0.15, 0.2) is 0 Å². The molecule has 2 aromatic rings. The molecular formula is C17H18N2O2. The summed E-state index contributed by atoms with van der Waals surface area (Å²) in [7, 11) is 1.62. The van der Waals surface area contributed by atoms with Crippen molar-refractivity contribution >= 4 is 0 Å². The highest BCUT2D eigenvalue weighted by atomic mass is 16.5. The van der Waals surface area contributed by atoms with Gasteiger partial charge in [-0.2, -0.15) is 5.26 Å². The Morgan fingerprint density at radius 3 is 2.38 bits per heavy atom. The lowest BCUT2D eigenvalue weighted by Gasteiger charge is -2.17. The first kappa shape index (κ1) is 14.9. The van der Waals surface area contributed by atoms with Crippen LogP contribution in [0.5, 0.6) is 5.75 Å². The Kier molecular flexibility index (Phi) is 4.44. The largest absolute Gasteiger partial charge is 0.497 e. The molecule has 0 N–H and O–H groups in total. The third-order valence-corrected chi connectivity index (χ3v) is 3.37. The number of methoxy groups -OCH3 is 1. The first-order valence-corrected chi connectivity index (χ1v) is 6.84. The number of hydrogen-bond donors (Lipinski definition) is 0. The van der Waals surface area contributed by atoms with Gasteiger partial charge in [-0.3, -0.25) is 4.79 Å². The second-order valence-corrected chi connectivity index (χ2v) is 5.08. The Labute approximate surface area is 124 Å². The SMILES string of the molecule is COc1ccc(-c2ccc(CC#N)c(=O)n2C(C)C)cc1. The van der Waals surface area contributed by atoms with Crippen molar-refractivity contribution < 1.29 is 4.74 Å². The van der Waals surface area contributed by atoms with E-state index in [1.165, 1.54) is 0 Å². The number of benzene rings is 1. The van der Waals surface area contributed by atoms with E-state index in [1.807, 2.05) is 50.2 Å². The van der Waals surface area contributed by atoms with Gasteiger partial charge in [0.05, 0.1) is 25.3 Å². The maximum Gasteiger partial charge on any atom is 0.255 e. The van der Waals surface area contributed by atoms with Gasteiger partial charge in [-0.1, -0.05) is 6.07 Å². The van der Waals surface area contributed by atoms with E-state index in [4.69, 9.17) is 10.00 Å². The molecule has 0 saturated heterocycles. The van der Waals surface area contributed by atoms with E-state index in [-0.39, 0.29) is 18.0 Å². The molecule has 4 nitrogen and oxygen atoms in total. The molecule has 1 aromatic heterocycles. The van der Waals surface area contributed by atoms with Gasteiger partial charge >= 0.3 is 0 Å². The highest BCUT2D eigenvalue weighted by molar-refractivity contribution is 5.61. The van der Waals surface area contributed by atoms with Gasteiger partial charge < -0.3 is 9.30 Å². The van der Waals surface area contributed by atoms with Crippen LogP contribution in [-0.4, -0.2) is 11.7 Å². The van der Waals surface area contributed by atoms with Crippen molar-refractivity contribution in [2.75, 3.05) is 7.11 Å². The van der Waals surface area contributed by atoms with E-state index in [0.29, 0.717) is 5.56 Å². The molecule has 4 heteroatoms. The van der Waals surface area contributed by atoms with E-state index in [0.717, 1.165) is 17.0 Å². The number of ether oxygens (including phenoxy) is 1. The van der Waals surface area contributed by atoms with Gasteiger partial charge in [0, 0.05) is 11.6 Å². The van der Waals surface area contributed by atoms with Gasteiger partial charge in [-0.25, -0.2) is 0 Å². The molecule has 0 amide bonds. The second-order valence-electron chi connectivity index (χ2n) is 5.08. The van der Waals surface area contributed by atoms with Crippen LogP contribution < -0.4 is 10.3 Å². The van der Waals surface area contributed by atoms with Crippen LogP contribution in [-0.2, 0) is 6.42 Å². The van der Waals surface area contributed by atoms with Crippen LogP contribution in [0, 0.1) is 11.3 Å². The Bertz CT molecular complexity index is 722. The third kappa shape index (κ3) is 2.97. The Morgan fingerprint density at radius 2 is 1.86 bits per heavy atom. The molecule has 0 bridgehead atoms. The Morgan fingerprint density at radius 1 is 1.19 bits per heavy atom. The number of nitrogens with zero attached hydrogens (tertiary/aromatic N) is 2. The molecule has 0 aliphatic heterocycles. The van der Waals surface area contributed by atoms with Crippen molar-refractivity contribution in [1.82, 2.24) is 4.57 Å². The highest BCUT2D eigenvalue weighted by Crippen LogP contribution is 2.24. The lowest BCUT2D eigenvalue weighted by molar-refractivity contribution is 0.415. The van der Waals surface area contributed by atoms with Crippen LogP contribution in [0.25, 0.3) is 11.3 Å². The predicted molar refractivity (Wildman–Crippen MR) is 82.4 cm³/mol. The van der Waals surface area contributed by atoms with Crippen molar-refractivity contribution in [3.05, 3.63) is 52.3 Å². The lowest BCUT2D eigenvalue weighted by atomic mass is 10.1. The lowest BCUT2D eigenvalue weighted by Crippen LogP contribution is -2.26. The fourth-order valence-corrected chi connectivity index (χ4v) is 2.32. The normalized spacial score (nSPS) is 10.4. The molecule has 0 unspecified atom stereocenters. The fourth-order valence-electron chi connectivity index (χ4n) is 2.32. The molecule has 0 radical (unpaired) electrons. The molecule has 0 aliphatic carbocycles. The molecule has 0 aliphatic rings. The van der Waals surface area contributed by atoms with Gasteiger partial charge in [0.1, 0.15) is 5.75 Å². The quantitative estimate of drug-likeness (QED) is 0.865. The van der Waals surface area contributed by atoms with E-state index in [1.54, 1.807) is 17.7 Å². The summed E-state index contributed by atoms with van der Waals surface area (Å²) in [4.78, 5) is 12.5. The van der Waals surface area contributed by atoms with Crippen LogP contribution in [0.2, 0.25) is 0 Å². The van der Waals surface area contributed by atoms with Crippen molar-refractivity contribution in [2.45, 2.75) is 26.3 Å². The average Bonchev–Trinajstić information content (AvgIpc) is 2.49. The van der Waals surface area contributed by atoms with Crippen molar-refractivity contribution in [1.29, 1.82) is 5.26 Å². The van der Waals surface area contributed by atoms with E-state index in [2.05, 4.69) is 0 Å². The molecule has 108 valence electrons. The van der Waals surface area contributed by atoms with Crippen molar-refractivity contribution in [3.63, 3.8) is 0 Å². The summed E-state index contributed by atoms with van der Waals surface area (Å²) in [5.74, 6) is 0.776. The minimum Gasteiger partial charge on any atom is -0.497 e. The third-order valence-electron chi connectivity index (χ3n) is 3.37. The zero-order valence-corrected chi connectivity index (χ0v) is 12.5. The molecule has 1 heterocycles. The van der Waals surface area contributed by atoms with Crippen LogP contribution in [0.1, 0.15) is 25.5 Å².